The first kappa shape index (κ1) is 34.1. The maximum Gasteiger partial charge on any atom is 2.00 e. The number of rotatable bonds is 0. The molecule has 0 amide bonds. The molecule has 16 nitrogen and oxygen atoms in total. The third-order valence-electron chi connectivity index (χ3n) is 0. The summed E-state index contributed by atoms with van der Waals surface area (Å²) in [6.45, 7) is 0. The third-order valence-corrected chi connectivity index (χ3v) is 0. The van der Waals surface area contributed by atoms with Crippen LogP contribution in [0.5, 0.6) is 0 Å². The van der Waals surface area contributed by atoms with Crippen molar-refractivity contribution in [2.45, 2.75) is 0 Å². The maximum absolute atomic E-state index is 8.77. The molecule has 0 rings (SSSR count). The van der Waals surface area contributed by atoms with Gasteiger partial charge in [-0.15, -0.1) is 0 Å². The quantitative estimate of drug-likeness (QED) is 0.130. The zero-order valence-corrected chi connectivity index (χ0v) is 15.1. The van der Waals surface area contributed by atoms with Crippen LogP contribution in [0.1, 0.15) is 8.56 Å². The van der Waals surface area contributed by atoms with Crippen molar-refractivity contribution in [3.8, 4) is 0 Å². The van der Waals surface area contributed by atoms with Crippen LogP contribution in [0, 0.1) is 0 Å². The van der Waals surface area contributed by atoms with Crippen LogP contribution in [0.25, 0.3) is 0 Å². The van der Waals surface area contributed by atoms with Gasteiger partial charge in [0.25, 0.3) is 31.3 Å². The second kappa shape index (κ2) is 14.1. The summed E-state index contributed by atoms with van der Waals surface area (Å²) >= 11 is 0. The topological polar surface area (TPSA) is 322 Å². The fourth-order valence-corrected chi connectivity index (χ4v) is 0. The Hall–Kier alpha value is 1.70. The molecule has 0 aromatic carbocycles. The van der Waals surface area contributed by atoms with E-state index in [4.69, 9.17) is 77.0 Å². The molecule has 21 heavy (non-hydrogen) atoms. The largest absolute Gasteiger partial charge is 2.00 e. The molecule has 132 valence electrons. The van der Waals surface area contributed by atoms with Gasteiger partial charge in [0, 0.05) is 0 Å². The van der Waals surface area contributed by atoms with Gasteiger partial charge >= 0.3 is 43.4 Å². The van der Waals surface area contributed by atoms with Crippen LogP contribution in [-0.2, 0) is 18.3 Å². The van der Waals surface area contributed by atoms with Crippen LogP contribution < -0.4 is 19.6 Å². The normalized spacial score (nSPS) is 11.2. The van der Waals surface area contributed by atoms with Gasteiger partial charge in [-0.05, 0) is 0 Å². The van der Waals surface area contributed by atoms with Gasteiger partial charge in [-0.3, -0.25) is 18.3 Å². The van der Waals surface area contributed by atoms with Gasteiger partial charge in [0.2, 0.25) is 0 Å². The molecule has 0 saturated heterocycles. The zero-order chi connectivity index (χ0) is 18.0. The van der Waals surface area contributed by atoms with Crippen LogP contribution in [-0.4, -0.2) is 76.9 Å². The van der Waals surface area contributed by atoms with Crippen LogP contribution in [0.2, 0.25) is 0 Å². The molecular formula is H14CaO16P4. The van der Waals surface area contributed by atoms with E-state index in [9.17, 15) is 0 Å². The van der Waals surface area contributed by atoms with Crippen molar-refractivity contribution in [1.29, 1.82) is 0 Å². The molecule has 0 aliphatic heterocycles. The van der Waals surface area contributed by atoms with Crippen molar-refractivity contribution in [2.24, 2.45) is 0 Å². The SMILES string of the molecule is O=P([O-])(O)O.O=P([O-])(O)O.O=P([O-])(O)O.O=P([O-])(O)O.[Ca+2].[H+].[H+].[H+].[H+].[H-].[H-]. The Balaban J connectivity index is -0.0000000129. The Morgan fingerprint density at radius 3 is 0.524 bits per heavy atom. The molecule has 0 unspecified atom stereocenters. The van der Waals surface area contributed by atoms with Crippen LogP contribution in [0.3, 0.4) is 0 Å². The second-order valence-electron chi connectivity index (χ2n) is 1.96. The molecule has 0 atom stereocenters. The van der Waals surface area contributed by atoms with E-state index in [2.05, 4.69) is 0 Å². The summed E-state index contributed by atoms with van der Waals surface area (Å²) in [5.74, 6) is 0. The molecule has 0 aliphatic rings. The summed E-state index contributed by atoms with van der Waals surface area (Å²) < 4.78 is 35.1. The number of hydrogen-bond acceptors (Lipinski definition) is 8. The Labute approximate surface area is 154 Å². The number of phosphoric acid groups is 4. The molecule has 0 radical (unpaired) electrons. The Kier molecular flexibility index (Phi) is 22.9. The van der Waals surface area contributed by atoms with E-state index < -0.39 is 31.3 Å². The first-order chi connectivity index (χ1) is 8.00. The molecule has 0 saturated carbocycles. The molecule has 0 aromatic heterocycles. The predicted molar refractivity (Wildman–Crippen MR) is 60.6 cm³/mol. The van der Waals surface area contributed by atoms with Gasteiger partial charge in [0.1, 0.15) is 0 Å². The van der Waals surface area contributed by atoms with Gasteiger partial charge in [0.15, 0.2) is 0 Å². The van der Waals surface area contributed by atoms with Crippen molar-refractivity contribution >= 4 is 69.0 Å². The second-order valence-corrected chi connectivity index (χ2v) is 5.89. The zero-order valence-electron chi connectivity index (χ0n) is 15.3. The number of hydrogen-bond donors (Lipinski definition) is 8. The summed E-state index contributed by atoms with van der Waals surface area (Å²) in [7, 11) is -19.6. The van der Waals surface area contributed by atoms with Gasteiger partial charge < -0.3 is 61.6 Å². The third kappa shape index (κ3) is 2910. The fourth-order valence-electron chi connectivity index (χ4n) is 0. The fraction of sp³-hybridized carbons (Fsp3) is 0. The van der Waals surface area contributed by atoms with E-state index >= 15 is 0 Å². The first-order valence-electron chi connectivity index (χ1n) is 3.06. The van der Waals surface area contributed by atoms with Crippen LogP contribution in [0.4, 0.5) is 0 Å². The molecule has 8 N–H and O–H groups in total. The van der Waals surface area contributed by atoms with Crippen molar-refractivity contribution in [3.63, 3.8) is 0 Å². The van der Waals surface area contributed by atoms with E-state index in [1.807, 2.05) is 0 Å². The summed E-state index contributed by atoms with van der Waals surface area (Å²) in [6.07, 6.45) is 0. The Morgan fingerprint density at radius 2 is 0.524 bits per heavy atom. The minimum absolute atomic E-state index is 0. The summed E-state index contributed by atoms with van der Waals surface area (Å²) in [6, 6.07) is 0. The Bertz CT molecular complexity index is 306. The van der Waals surface area contributed by atoms with E-state index in [0.29, 0.717) is 0 Å². The van der Waals surface area contributed by atoms with E-state index in [0.717, 1.165) is 0 Å². The summed E-state index contributed by atoms with van der Waals surface area (Å²) in [5, 5.41) is 0. The standard InChI is InChI=1S/Ca.4H3O4P.2H/c;4*1-5(2,3)4;;/h;4*(H3,1,2,3,4);;/q+2;;;;;2*-1. The monoisotopic (exact) mass is 434 g/mol. The van der Waals surface area contributed by atoms with E-state index in [-0.39, 0.29) is 46.3 Å². The van der Waals surface area contributed by atoms with E-state index in [1.165, 1.54) is 0 Å². The minimum Gasteiger partial charge on any atom is -1.00 e. The minimum atomic E-state index is -4.89. The molecule has 0 spiro atoms. The van der Waals surface area contributed by atoms with Crippen molar-refractivity contribution in [3.05, 3.63) is 0 Å². The first-order valence-corrected chi connectivity index (χ1v) is 9.18. The van der Waals surface area contributed by atoms with Crippen molar-refractivity contribution < 1.29 is 85.5 Å². The molecule has 0 aliphatic carbocycles. The Morgan fingerprint density at radius 1 is 0.524 bits per heavy atom. The average Bonchev–Trinajstić information content (AvgIpc) is 1.62. The molecular weight excluding hydrogens is 420 g/mol. The summed E-state index contributed by atoms with van der Waals surface area (Å²) in [4.78, 5) is 91.7. The van der Waals surface area contributed by atoms with Crippen molar-refractivity contribution in [2.75, 3.05) is 0 Å². The molecule has 0 bridgehead atoms. The molecule has 0 fully saturated rings. The van der Waals surface area contributed by atoms with E-state index in [1.54, 1.807) is 0 Å². The van der Waals surface area contributed by atoms with Crippen LogP contribution in [0.15, 0.2) is 0 Å². The average molecular weight is 434 g/mol. The summed E-state index contributed by atoms with van der Waals surface area (Å²) in [5.41, 5.74) is 0. The van der Waals surface area contributed by atoms with Gasteiger partial charge in [-0.1, -0.05) is 0 Å². The molecule has 0 heterocycles. The van der Waals surface area contributed by atoms with Gasteiger partial charge in [0.05, 0.1) is 0 Å². The smallest absolute Gasteiger partial charge is 1.00 e. The molecule has 21 heteroatoms. The van der Waals surface area contributed by atoms with Crippen molar-refractivity contribution in [1.82, 2.24) is 0 Å². The molecule has 0 aromatic rings. The van der Waals surface area contributed by atoms with Gasteiger partial charge in [-0.2, -0.15) is 0 Å². The van der Waals surface area contributed by atoms with Crippen LogP contribution >= 0.6 is 31.3 Å². The maximum atomic E-state index is 8.77. The van der Waals surface area contributed by atoms with Gasteiger partial charge in [-0.25, -0.2) is 0 Å². The predicted octanol–water partition coefficient (Wildman–Crippen LogP) is -5.95.